The lowest BCUT2D eigenvalue weighted by molar-refractivity contribution is -0.141. The molecule has 2 amide bonds. The first-order valence-corrected chi connectivity index (χ1v) is 15.3. The van der Waals surface area contributed by atoms with Crippen molar-refractivity contribution in [3.05, 3.63) is 71.5 Å². The van der Waals surface area contributed by atoms with Crippen molar-refractivity contribution >= 4 is 23.6 Å². The highest BCUT2D eigenvalue weighted by molar-refractivity contribution is 7.99. The van der Waals surface area contributed by atoms with Crippen molar-refractivity contribution in [1.29, 1.82) is 0 Å². The molecule has 0 atom stereocenters. The van der Waals surface area contributed by atoms with Crippen molar-refractivity contribution in [2.24, 2.45) is 0 Å². The average Bonchev–Trinajstić information content (AvgIpc) is 3.56. The third kappa shape index (κ3) is 6.63. The number of carbonyl (C=O) groups is 2. The third-order valence-corrected chi connectivity index (χ3v) is 9.05. The molecule has 41 heavy (non-hydrogen) atoms. The summed E-state index contributed by atoms with van der Waals surface area (Å²) in [5.74, 6) is 0.0242. The van der Waals surface area contributed by atoms with Gasteiger partial charge in [-0.05, 0) is 47.9 Å². The molecule has 0 unspecified atom stereocenters. The maximum absolute atomic E-state index is 13.6. The number of aromatic nitrogens is 2. The molecule has 6 nitrogen and oxygen atoms in total. The number of hydrogen-bond acceptors (Lipinski definition) is 4. The van der Waals surface area contributed by atoms with Crippen LogP contribution < -0.4 is 10.6 Å². The number of unbranched alkanes of at least 4 members (excludes halogenated alkanes) is 2. The van der Waals surface area contributed by atoms with E-state index in [-0.39, 0.29) is 11.9 Å². The monoisotopic (exact) mass is 584 g/mol. The number of imidazole rings is 1. The van der Waals surface area contributed by atoms with Gasteiger partial charge in [-0.15, -0.1) is 0 Å². The Labute approximate surface area is 242 Å². The van der Waals surface area contributed by atoms with Crippen LogP contribution in [-0.4, -0.2) is 46.3 Å². The van der Waals surface area contributed by atoms with Crippen LogP contribution in [0, 0.1) is 0 Å². The SMILES string of the molecule is O=C(NC1CCCCC1)c1cnc(SCCCCCC2(C(=O)NCC(F)(F)F)c3ccccc3-c3ccccc32)[nH]1. The van der Waals surface area contributed by atoms with Crippen LogP contribution >= 0.6 is 11.8 Å². The Hall–Kier alpha value is -3.27. The van der Waals surface area contributed by atoms with E-state index in [1.165, 1.54) is 18.2 Å². The second-order valence-corrected chi connectivity index (χ2v) is 11.9. The number of fused-ring (bicyclic) bond motifs is 3. The topological polar surface area (TPSA) is 86.9 Å². The molecule has 10 heteroatoms. The number of hydrogen-bond donors (Lipinski definition) is 3. The molecule has 2 aliphatic rings. The molecule has 2 aromatic carbocycles. The number of H-pyrrole nitrogens is 1. The van der Waals surface area contributed by atoms with Crippen molar-refractivity contribution in [1.82, 2.24) is 20.6 Å². The third-order valence-electron chi connectivity index (χ3n) is 8.07. The lowest BCUT2D eigenvalue weighted by Crippen LogP contribution is -2.47. The first kappa shape index (κ1) is 29.2. The highest BCUT2D eigenvalue weighted by Crippen LogP contribution is 2.51. The molecule has 0 radical (unpaired) electrons. The van der Waals surface area contributed by atoms with Gasteiger partial charge in [0.2, 0.25) is 5.91 Å². The number of amides is 2. The summed E-state index contributed by atoms with van der Waals surface area (Å²) in [6.45, 7) is -1.36. The van der Waals surface area contributed by atoms with E-state index in [1.54, 1.807) is 6.20 Å². The molecule has 1 saturated carbocycles. The van der Waals surface area contributed by atoms with Crippen molar-refractivity contribution in [3.63, 3.8) is 0 Å². The number of halogens is 3. The van der Waals surface area contributed by atoms with Gasteiger partial charge in [0.05, 0.1) is 6.20 Å². The van der Waals surface area contributed by atoms with Crippen LogP contribution in [0.15, 0.2) is 59.9 Å². The zero-order chi connectivity index (χ0) is 28.9. The second kappa shape index (κ2) is 12.7. The molecule has 1 heterocycles. The Morgan fingerprint density at radius 1 is 0.951 bits per heavy atom. The van der Waals surface area contributed by atoms with Crippen LogP contribution in [-0.2, 0) is 10.2 Å². The summed E-state index contributed by atoms with van der Waals surface area (Å²) in [6, 6.07) is 15.2. The lowest BCUT2D eigenvalue weighted by atomic mass is 9.73. The zero-order valence-electron chi connectivity index (χ0n) is 22.9. The molecule has 3 N–H and O–H groups in total. The van der Waals surface area contributed by atoms with E-state index in [0.29, 0.717) is 23.7 Å². The highest BCUT2D eigenvalue weighted by Gasteiger charge is 2.49. The fourth-order valence-corrected chi connectivity index (χ4v) is 6.98. The van der Waals surface area contributed by atoms with Gasteiger partial charge in [-0.25, -0.2) is 4.98 Å². The molecule has 218 valence electrons. The fraction of sp³-hybridized carbons (Fsp3) is 0.452. The lowest BCUT2D eigenvalue weighted by Gasteiger charge is -2.31. The Bertz CT molecular complexity index is 1320. The molecule has 1 aromatic heterocycles. The van der Waals surface area contributed by atoms with Gasteiger partial charge in [-0.1, -0.05) is 92.4 Å². The Morgan fingerprint density at radius 2 is 1.61 bits per heavy atom. The van der Waals surface area contributed by atoms with E-state index < -0.39 is 24.0 Å². The Balaban J connectivity index is 1.19. The minimum Gasteiger partial charge on any atom is -0.348 e. The first-order valence-electron chi connectivity index (χ1n) is 14.3. The number of aromatic amines is 1. The molecule has 0 bridgehead atoms. The number of thioether (sulfide) groups is 1. The van der Waals surface area contributed by atoms with E-state index in [4.69, 9.17) is 0 Å². The fourth-order valence-electron chi connectivity index (χ4n) is 6.12. The summed E-state index contributed by atoms with van der Waals surface area (Å²) in [5, 5.41) is 5.95. The van der Waals surface area contributed by atoms with Gasteiger partial charge in [0.15, 0.2) is 5.16 Å². The molecule has 1 fully saturated rings. The maximum Gasteiger partial charge on any atom is 0.405 e. The second-order valence-electron chi connectivity index (χ2n) is 10.9. The smallest absolute Gasteiger partial charge is 0.348 e. The van der Waals surface area contributed by atoms with Gasteiger partial charge >= 0.3 is 6.18 Å². The summed E-state index contributed by atoms with van der Waals surface area (Å²) in [6.07, 6.45) is 5.32. The molecule has 0 saturated heterocycles. The molecular formula is C31H35F3N4O2S. The van der Waals surface area contributed by atoms with Gasteiger partial charge in [0.1, 0.15) is 17.7 Å². The van der Waals surface area contributed by atoms with E-state index in [2.05, 4.69) is 20.6 Å². The van der Waals surface area contributed by atoms with E-state index in [9.17, 15) is 22.8 Å². The summed E-state index contributed by atoms with van der Waals surface area (Å²) in [7, 11) is 0. The van der Waals surface area contributed by atoms with Gasteiger partial charge in [-0.2, -0.15) is 13.2 Å². The molecule has 2 aliphatic carbocycles. The number of nitrogens with one attached hydrogen (secondary N) is 3. The number of carbonyl (C=O) groups excluding carboxylic acids is 2. The minimum atomic E-state index is -4.49. The van der Waals surface area contributed by atoms with Crippen LogP contribution in [0.25, 0.3) is 11.1 Å². The Morgan fingerprint density at radius 3 is 2.27 bits per heavy atom. The highest BCUT2D eigenvalue weighted by atomic mass is 32.2. The van der Waals surface area contributed by atoms with Gasteiger partial charge in [0, 0.05) is 11.8 Å². The first-order chi connectivity index (χ1) is 19.8. The summed E-state index contributed by atoms with van der Waals surface area (Å²) in [4.78, 5) is 33.5. The predicted octanol–water partition coefficient (Wildman–Crippen LogP) is 6.77. The van der Waals surface area contributed by atoms with Crippen LogP contribution in [0.3, 0.4) is 0 Å². The quantitative estimate of drug-likeness (QED) is 0.172. The summed E-state index contributed by atoms with van der Waals surface area (Å²) in [5.41, 5.74) is 2.58. The van der Waals surface area contributed by atoms with Crippen LogP contribution in [0.2, 0.25) is 0 Å². The van der Waals surface area contributed by atoms with Gasteiger partial charge < -0.3 is 15.6 Å². The van der Waals surface area contributed by atoms with Crippen LogP contribution in [0.1, 0.15) is 79.4 Å². The van der Waals surface area contributed by atoms with Gasteiger partial charge in [-0.3, -0.25) is 9.59 Å². The number of nitrogens with zero attached hydrogens (tertiary/aromatic N) is 1. The van der Waals surface area contributed by atoms with E-state index in [0.717, 1.165) is 66.5 Å². The van der Waals surface area contributed by atoms with Crippen LogP contribution in [0.5, 0.6) is 0 Å². The molecule has 0 spiro atoms. The number of rotatable bonds is 11. The minimum absolute atomic E-state index is 0.123. The summed E-state index contributed by atoms with van der Waals surface area (Å²) < 4.78 is 39.2. The maximum atomic E-state index is 13.6. The van der Waals surface area contributed by atoms with Crippen molar-refractivity contribution in [3.8, 4) is 11.1 Å². The standard InChI is InChI=1S/C31H35F3N4O2S/c32-31(33,34)20-36-28(40)30(24-15-7-5-13-22(24)23-14-6-8-16-25(23)30)17-9-2-10-18-41-29-35-19-26(38-29)27(39)37-21-11-3-1-4-12-21/h5-8,13-16,19,21H,1-4,9-12,17-18,20H2,(H,35,38)(H,36,40)(H,37,39). The van der Waals surface area contributed by atoms with E-state index >= 15 is 0 Å². The Kier molecular flexibility index (Phi) is 9.06. The number of benzene rings is 2. The molecule has 5 rings (SSSR count). The van der Waals surface area contributed by atoms with Gasteiger partial charge in [0.25, 0.3) is 5.91 Å². The normalized spacial score (nSPS) is 16.2. The average molecular weight is 585 g/mol. The molecule has 0 aliphatic heterocycles. The molecule has 3 aromatic rings. The van der Waals surface area contributed by atoms with E-state index in [1.807, 2.05) is 48.5 Å². The molecular weight excluding hydrogens is 549 g/mol. The summed E-state index contributed by atoms with van der Waals surface area (Å²) >= 11 is 1.53. The van der Waals surface area contributed by atoms with Crippen molar-refractivity contribution < 1.29 is 22.8 Å². The predicted molar refractivity (Wildman–Crippen MR) is 154 cm³/mol. The van der Waals surface area contributed by atoms with Crippen LogP contribution in [0.4, 0.5) is 13.2 Å². The van der Waals surface area contributed by atoms with Crippen molar-refractivity contribution in [2.45, 2.75) is 80.6 Å². The largest absolute Gasteiger partial charge is 0.405 e. The number of alkyl halides is 3. The van der Waals surface area contributed by atoms with Crippen molar-refractivity contribution in [2.75, 3.05) is 12.3 Å². The zero-order valence-corrected chi connectivity index (χ0v) is 23.7.